The molecule has 0 bridgehead atoms. The zero-order chi connectivity index (χ0) is 62.5. The number of benzene rings is 8. The van der Waals surface area contributed by atoms with Gasteiger partial charge >= 0.3 is 33.6 Å². The van der Waals surface area contributed by atoms with Crippen LogP contribution in [0.1, 0.15) is 64.8 Å². The average Bonchev–Trinajstić information content (AvgIpc) is 2.36. The van der Waals surface area contributed by atoms with Gasteiger partial charge in [-0.25, -0.2) is 22.5 Å². The van der Waals surface area contributed by atoms with Gasteiger partial charge in [-0.2, -0.15) is 0 Å². The number of rotatable bonds is 15. The van der Waals surface area contributed by atoms with Gasteiger partial charge in [0.05, 0.1) is 33.0 Å². The Balaban J connectivity index is 0.000000126. The van der Waals surface area contributed by atoms with Crippen LogP contribution in [0.4, 0.5) is 23.4 Å². The van der Waals surface area contributed by atoms with Crippen LogP contribution in [0, 0.1) is 23.3 Å². The summed E-state index contributed by atoms with van der Waals surface area (Å²) in [5, 5.41) is 8.83. The minimum Gasteiger partial charge on any atom is -0.480 e. The van der Waals surface area contributed by atoms with Crippen LogP contribution in [0.5, 0.6) is 0 Å². The standard InChI is InChI=1S/C24H25BFN3O.C17H17BFNO3.C16H16BFO.C15H14BFO/c26-22-7-8-23-20(17-22)18-30-25(23)21-5-3-4-19(16-21)9-11-28-12-14-29(15-13-28)24-6-1-2-10-27-24;1-20(10-17(21)22)9-12-3-2-4-14(7-12)18-16-6-5-15(19)8-13(16)11-23-18;1-2-3-12-4-6-14(7-5-12)17-16-9-8-15(18)10-13(16)11-19-17;1-2-11-3-5-13(6-4-11)16-15-8-7-14(17)9-12(15)10-18-16/h1-8,10,16-17H,9,11-15,18H2;2-8H,9-11H2,1H3,(H,21,22);4-10H,2-3,11H2,1H3;3-9H,2,10H2,1H3. The Hall–Kier alpha value is -8.08. The summed E-state index contributed by atoms with van der Waals surface area (Å²) in [7, 11) is 1.77. The normalized spacial score (nSPS) is 14.6. The lowest BCUT2D eigenvalue weighted by molar-refractivity contribution is -0.138. The fraction of sp³-hybridized carbons (Fsp3) is 0.250. The van der Waals surface area contributed by atoms with Crippen molar-refractivity contribution in [3.63, 3.8) is 0 Å². The van der Waals surface area contributed by atoms with Crippen molar-refractivity contribution < 1.29 is 46.1 Å². The monoisotopic (exact) mass is 1210 g/mol. The highest BCUT2D eigenvalue weighted by molar-refractivity contribution is 6.82. The van der Waals surface area contributed by atoms with E-state index < -0.39 is 5.97 Å². The van der Waals surface area contributed by atoms with Crippen molar-refractivity contribution in [2.24, 2.45) is 0 Å². The van der Waals surface area contributed by atoms with Crippen LogP contribution in [0.25, 0.3) is 0 Å². The van der Waals surface area contributed by atoms with Gasteiger partial charge in [-0.15, -0.1) is 0 Å². The highest BCUT2D eigenvalue weighted by Crippen LogP contribution is 2.19. The van der Waals surface area contributed by atoms with E-state index in [2.05, 4.69) is 107 Å². The molecule has 0 saturated carbocycles. The van der Waals surface area contributed by atoms with Crippen molar-refractivity contribution in [3.8, 4) is 0 Å². The summed E-state index contributed by atoms with van der Waals surface area (Å²) in [4.78, 5) is 21.8. The van der Waals surface area contributed by atoms with Gasteiger partial charge in [-0.3, -0.25) is 14.6 Å². The number of hydrogen-bond donors (Lipinski definition) is 1. The largest absolute Gasteiger partial charge is 0.480 e. The van der Waals surface area contributed by atoms with Crippen LogP contribution in [0.3, 0.4) is 0 Å². The lowest BCUT2D eigenvalue weighted by Gasteiger charge is -2.35. The summed E-state index contributed by atoms with van der Waals surface area (Å²) < 4.78 is 76.5. The van der Waals surface area contributed by atoms with E-state index >= 15 is 0 Å². The van der Waals surface area contributed by atoms with Crippen molar-refractivity contribution in [2.75, 3.05) is 51.2 Å². The van der Waals surface area contributed by atoms with E-state index in [1.165, 1.54) is 47.0 Å². The smallest absolute Gasteiger partial charge is 0.362 e. The fourth-order valence-electron chi connectivity index (χ4n) is 12.4. The summed E-state index contributed by atoms with van der Waals surface area (Å²) >= 11 is 0. The summed E-state index contributed by atoms with van der Waals surface area (Å²) in [5.74, 6) is -0.618. The maximum absolute atomic E-state index is 13.5. The van der Waals surface area contributed by atoms with Crippen LogP contribution in [0.2, 0.25) is 0 Å². The first-order chi connectivity index (χ1) is 43.8. The molecule has 0 atom stereocenters. The molecule has 0 unspecified atom stereocenters. The number of aromatic nitrogens is 1. The summed E-state index contributed by atoms with van der Waals surface area (Å²) in [5.41, 5.74) is 17.4. The molecule has 10 nitrogen and oxygen atoms in total. The van der Waals surface area contributed by atoms with Gasteiger partial charge in [0.2, 0.25) is 0 Å². The van der Waals surface area contributed by atoms with Crippen molar-refractivity contribution in [1.29, 1.82) is 0 Å². The Morgan fingerprint density at radius 1 is 0.489 bits per heavy atom. The Morgan fingerprint density at radius 2 is 0.933 bits per heavy atom. The molecule has 5 aliphatic rings. The Bertz CT molecular complexity index is 3890. The number of anilines is 1. The van der Waals surface area contributed by atoms with Gasteiger partial charge in [0, 0.05) is 45.5 Å². The van der Waals surface area contributed by atoms with Crippen LogP contribution >= 0.6 is 0 Å². The number of carboxylic acids is 1. The number of piperazine rings is 1. The van der Waals surface area contributed by atoms with E-state index in [1.54, 1.807) is 36.2 Å². The van der Waals surface area contributed by atoms with Crippen molar-refractivity contribution >= 4 is 83.2 Å². The van der Waals surface area contributed by atoms with E-state index in [4.69, 9.17) is 23.7 Å². The highest BCUT2D eigenvalue weighted by atomic mass is 19.1. The molecule has 0 radical (unpaired) electrons. The molecule has 9 aromatic rings. The first-order valence-electron chi connectivity index (χ1n) is 31.1. The third kappa shape index (κ3) is 16.1. The minimum atomic E-state index is -0.848. The number of halogens is 4. The van der Waals surface area contributed by atoms with E-state index in [9.17, 15) is 22.4 Å². The number of likely N-dealkylation sites (N-methyl/N-ethyl adjacent to an activating group) is 1. The molecule has 0 spiro atoms. The molecular weight excluding hydrogens is 1140 g/mol. The van der Waals surface area contributed by atoms with E-state index in [0.29, 0.717) is 33.0 Å². The molecule has 90 heavy (non-hydrogen) atoms. The van der Waals surface area contributed by atoms with Gasteiger partial charge < -0.3 is 28.6 Å². The Kier molecular flexibility index (Phi) is 21.3. The molecule has 14 rings (SSSR count). The van der Waals surface area contributed by atoms with Gasteiger partial charge in [0.1, 0.15) is 29.1 Å². The molecule has 6 heterocycles. The topological polar surface area (TPSA) is 96.8 Å². The molecule has 18 heteroatoms. The number of carbonyl (C=O) groups is 1. The molecular formula is C72H72B4F4N4O6. The molecule has 1 saturated heterocycles. The SMILES string of the molecule is CCCc1ccc(B2OCc3cc(F)ccc32)cc1.CCc1ccc(B2OCc3cc(F)ccc32)cc1.CN(CC(=O)O)Cc1cccc(B2OCc3cc(F)ccc32)c1.Fc1ccc2c(c1)COB2c1cccc(CCN2CCN(c3ccccn3)CC2)c1. The Labute approximate surface area is 527 Å². The molecule has 1 aromatic heterocycles. The third-order valence-electron chi connectivity index (χ3n) is 17.1. The summed E-state index contributed by atoms with van der Waals surface area (Å²) in [6, 6.07) is 59.1. The lowest BCUT2D eigenvalue weighted by atomic mass is 9.55. The number of fused-ring (bicyclic) bond motifs is 4. The number of carboxylic acid groups (broad SMARTS) is 1. The molecule has 1 N–H and O–H groups in total. The second-order valence-electron chi connectivity index (χ2n) is 23.5. The summed E-state index contributed by atoms with van der Waals surface area (Å²) in [6.45, 7) is 11.5. The molecule has 8 aromatic carbocycles. The van der Waals surface area contributed by atoms with Crippen LogP contribution < -0.4 is 48.6 Å². The lowest BCUT2D eigenvalue weighted by Crippen LogP contribution is -2.47. The predicted molar refractivity (Wildman–Crippen MR) is 355 cm³/mol. The average molecular weight is 1210 g/mol. The van der Waals surface area contributed by atoms with E-state index in [-0.39, 0.29) is 57.5 Å². The fourth-order valence-corrected chi connectivity index (χ4v) is 12.4. The predicted octanol–water partition coefficient (Wildman–Crippen LogP) is 7.64. The third-order valence-corrected chi connectivity index (χ3v) is 17.1. The number of aliphatic carboxylic acids is 1. The van der Waals surface area contributed by atoms with Crippen molar-refractivity contribution in [3.05, 3.63) is 262 Å². The minimum absolute atomic E-state index is 0.00767. The Morgan fingerprint density at radius 3 is 1.37 bits per heavy atom. The summed E-state index contributed by atoms with van der Waals surface area (Å²) in [6.07, 6.45) is 6.17. The molecule has 5 aliphatic heterocycles. The zero-order valence-electron chi connectivity index (χ0n) is 51.2. The zero-order valence-corrected chi connectivity index (χ0v) is 51.2. The molecule has 0 amide bonds. The molecule has 0 aliphatic carbocycles. The van der Waals surface area contributed by atoms with Gasteiger partial charge in [-0.1, -0.05) is 148 Å². The first-order valence-corrected chi connectivity index (χ1v) is 31.1. The number of aryl methyl sites for hydroxylation is 2. The quantitative estimate of drug-likeness (QED) is 0.0816. The molecule has 456 valence electrons. The van der Waals surface area contributed by atoms with Crippen LogP contribution in [-0.4, -0.2) is 99.8 Å². The number of pyridine rings is 1. The maximum Gasteiger partial charge on any atom is 0.362 e. The van der Waals surface area contributed by atoms with Crippen LogP contribution in [-0.2, 0) is 75.6 Å². The van der Waals surface area contributed by atoms with Gasteiger partial charge in [0.25, 0.3) is 0 Å². The van der Waals surface area contributed by atoms with E-state index in [1.807, 2.05) is 60.8 Å². The molecule has 1 fully saturated rings. The van der Waals surface area contributed by atoms with E-state index in [0.717, 1.165) is 136 Å². The van der Waals surface area contributed by atoms with Gasteiger partial charge in [-0.05, 0) is 175 Å². The second kappa shape index (κ2) is 30.2. The number of hydrogen-bond acceptors (Lipinski definition) is 9. The van der Waals surface area contributed by atoms with Crippen LogP contribution in [0.15, 0.2) is 194 Å². The highest BCUT2D eigenvalue weighted by Gasteiger charge is 2.34. The van der Waals surface area contributed by atoms with Crippen molar-refractivity contribution in [1.82, 2.24) is 14.8 Å². The maximum atomic E-state index is 13.5. The van der Waals surface area contributed by atoms with Gasteiger partial charge in [0.15, 0.2) is 0 Å². The number of nitrogens with zero attached hydrogens (tertiary/aromatic N) is 4. The second-order valence-corrected chi connectivity index (χ2v) is 23.5. The van der Waals surface area contributed by atoms with Crippen molar-refractivity contribution in [2.45, 2.75) is 72.5 Å². The first kappa shape index (κ1) is 63.5.